The molecule has 1 aromatic carbocycles. The van der Waals surface area contributed by atoms with Crippen molar-refractivity contribution in [3.05, 3.63) is 35.4 Å². The molecule has 0 radical (unpaired) electrons. The number of aliphatic hydroxyl groups is 1. The van der Waals surface area contributed by atoms with Crippen molar-refractivity contribution >= 4 is 6.03 Å². The molecule has 2 N–H and O–H groups in total. The van der Waals surface area contributed by atoms with Crippen LogP contribution in [0.4, 0.5) is 4.79 Å². The van der Waals surface area contributed by atoms with Crippen LogP contribution in [0.25, 0.3) is 0 Å². The minimum atomic E-state index is -0.397. The van der Waals surface area contributed by atoms with E-state index < -0.39 is 6.10 Å². The quantitative estimate of drug-likeness (QED) is 0.848. The number of aryl methyl sites for hydroxylation is 1. The summed E-state index contributed by atoms with van der Waals surface area (Å²) in [5, 5.41) is 13.1. The van der Waals surface area contributed by atoms with Crippen LogP contribution in [0.15, 0.2) is 24.3 Å². The van der Waals surface area contributed by atoms with E-state index in [9.17, 15) is 9.90 Å². The number of amides is 2. The van der Waals surface area contributed by atoms with Gasteiger partial charge in [0.25, 0.3) is 0 Å². The zero-order valence-electron chi connectivity index (χ0n) is 14.0. The zero-order chi connectivity index (χ0) is 16.3. The van der Waals surface area contributed by atoms with Gasteiger partial charge in [-0.05, 0) is 42.7 Å². The third-order valence-electron chi connectivity index (χ3n) is 4.44. The number of hydrogen-bond acceptors (Lipinski definition) is 2. The fourth-order valence-electron chi connectivity index (χ4n) is 2.78. The van der Waals surface area contributed by atoms with E-state index in [-0.39, 0.29) is 12.1 Å². The van der Waals surface area contributed by atoms with Gasteiger partial charge in [-0.25, -0.2) is 4.79 Å². The minimum absolute atomic E-state index is 0.0192. The highest BCUT2D eigenvalue weighted by molar-refractivity contribution is 5.74. The fourth-order valence-corrected chi connectivity index (χ4v) is 2.78. The molecular formula is C18H28N2O2. The molecule has 0 bridgehead atoms. The van der Waals surface area contributed by atoms with Crippen molar-refractivity contribution in [2.45, 2.75) is 45.8 Å². The molecule has 0 aromatic heterocycles. The number of carbonyl (C=O) groups is 1. The van der Waals surface area contributed by atoms with Crippen LogP contribution < -0.4 is 5.32 Å². The highest BCUT2D eigenvalue weighted by atomic mass is 16.3. The predicted octanol–water partition coefficient (Wildman–Crippen LogP) is 3.10. The van der Waals surface area contributed by atoms with Crippen LogP contribution in [0.1, 0.15) is 43.9 Å². The van der Waals surface area contributed by atoms with Gasteiger partial charge in [0.05, 0.1) is 12.1 Å². The summed E-state index contributed by atoms with van der Waals surface area (Å²) in [5.41, 5.74) is 2.34. The molecule has 4 nitrogen and oxygen atoms in total. The highest BCUT2D eigenvalue weighted by Crippen LogP contribution is 2.32. The van der Waals surface area contributed by atoms with E-state index >= 15 is 0 Å². The van der Waals surface area contributed by atoms with Crippen LogP contribution in [0.5, 0.6) is 0 Å². The van der Waals surface area contributed by atoms with Gasteiger partial charge in [0.2, 0.25) is 0 Å². The molecule has 22 heavy (non-hydrogen) atoms. The van der Waals surface area contributed by atoms with E-state index in [4.69, 9.17) is 0 Å². The molecule has 1 saturated carbocycles. The van der Waals surface area contributed by atoms with Crippen molar-refractivity contribution < 1.29 is 9.90 Å². The van der Waals surface area contributed by atoms with Gasteiger partial charge in [-0.2, -0.15) is 0 Å². The summed E-state index contributed by atoms with van der Waals surface area (Å²) in [4.78, 5) is 14.0. The van der Waals surface area contributed by atoms with E-state index in [1.807, 2.05) is 12.1 Å². The van der Waals surface area contributed by atoms with E-state index in [0.717, 1.165) is 18.4 Å². The predicted molar refractivity (Wildman–Crippen MR) is 88.7 cm³/mol. The summed E-state index contributed by atoms with van der Waals surface area (Å²) < 4.78 is 0. The summed E-state index contributed by atoms with van der Waals surface area (Å²) in [6.07, 6.45) is 1.76. The maximum absolute atomic E-state index is 12.4. The Balaban J connectivity index is 2.01. The molecule has 2 amide bonds. The zero-order valence-corrected chi connectivity index (χ0v) is 14.0. The normalized spacial score (nSPS) is 17.2. The summed E-state index contributed by atoms with van der Waals surface area (Å²) in [6, 6.07) is 8.01. The Morgan fingerprint density at radius 2 is 2.00 bits per heavy atom. The topological polar surface area (TPSA) is 52.6 Å². The van der Waals surface area contributed by atoms with Gasteiger partial charge in [0.1, 0.15) is 0 Å². The SMILES string of the molecule is Cc1ccccc1C(NC(=O)N(C)CC(O)C1CC1)C(C)C. The van der Waals surface area contributed by atoms with Crippen molar-refractivity contribution in [1.29, 1.82) is 0 Å². The monoisotopic (exact) mass is 304 g/mol. The molecule has 1 aromatic rings. The minimum Gasteiger partial charge on any atom is -0.391 e. The first-order valence-corrected chi connectivity index (χ1v) is 8.15. The Kier molecular flexibility index (Phi) is 5.46. The molecule has 1 aliphatic carbocycles. The maximum atomic E-state index is 12.4. The Labute approximate surface area is 133 Å². The van der Waals surface area contributed by atoms with Gasteiger partial charge in [0, 0.05) is 13.6 Å². The second kappa shape index (κ2) is 7.14. The van der Waals surface area contributed by atoms with E-state index in [2.05, 4.69) is 38.2 Å². The third kappa shape index (κ3) is 4.23. The number of likely N-dealkylation sites (N-methyl/N-ethyl adjacent to an activating group) is 1. The summed E-state index contributed by atoms with van der Waals surface area (Å²) in [5.74, 6) is 0.680. The number of nitrogens with one attached hydrogen (secondary N) is 1. The molecule has 1 fully saturated rings. The number of hydrogen-bond donors (Lipinski definition) is 2. The van der Waals surface area contributed by atoms with Crippen molar-refractivity contribution in [1.82, 2.24) is 10.2 Å². The lowest BCUT2D eigenvalue weighted by molar-refractivity contribution is 0.112. The summed E-state index contributed by atoms with van der Waals surface area (Å²) in [7, 11) is 1.75. The van der Waals surface area contributed by atoms with E-state index in [1.165, 1.54) is 5.56 Å². The lowest BCUT2D eigenvalue weighted by Gasteiger charge is -2.28. The van der Waals surface area contributed by atoms with Gasteiger partial charge in [-0.15, -0.1) is 0 Å². The van der Waals surface area contributed by atoms with Gasteiger partial charge in [0.15, 0.2) is 0 Å². The average Bonchev–Trinajstić information content (AvgIpc) is 3.29. The first-order chi connectivity index (χ1) is 10.4. The number of nitrogens with zero attached hydrogens (tertiary/aromatic N) is 1. The lowest BCUT2D eigenvalue weighted by Crippen LogP contribution is -2.44. The molecular weight excluding hydrogens is 276 g/mol. The van der Waals surface area contributed by atoms with Crippen LogP contribution in [-0.4, -0.2) is 35.7 Å². The van der Waals surface area contributed by atoms with Crippen molar-refractivity contribution in [3.63, 3.8) is 0 Å². The van der Waals surface area contributed by atoms with Crippen LogP contribution in [-0.2, 0) is 0 Å². The maximum Gasteiger partial charge on any atom is 0.317 e. The number of aliphatic hydroxyl groups excluding tert-OH is 1. The molecule has 122 valence electrons. The Morgan fingerprint density at radius 3 is 2.55 bits per heavy atom. The molecule has 1 aliphatic rings. The standard InChI is InChI=1S/C18H28N2O2/c1-12(2)17(15-8-6-5-7-13(15)3)19-18(22)20(4)11-16(21)14-9-10-14/h5-8,12,14,16-17,21H,9-11H2,1-4H3,(H,19,22). The van der Waals surface area contributed by atoms with Gasteiger partial charge >= 0.3 is 6.03 Å². The smallest absolute Gasteiger partial charge is 0.317 e. The Bertz CT molecular complexity index is 512. The molecule has 0 spiro atoms. The first kappa shape index (κ1) is 16.8. The second-order valence-corrected chi connectivity index (χ2v) is 6.81. The number of rotatable bonds is 6. The number of carbonyl (C=O) groups excluding carboxylic acids is 1. The molecule has 0 aliphatic heterocycles. The fraction of sp³-hybridized carbons (Fsp3) is 0.611. The third-order valence-corrected chi connectivity index (χ3v) is 4.44. The summed E-state index contributed by atoms with van der Waals surface area (Å²) in [6.45, 7) is 6.68. The number of benzene rings is 1. The Morgan fingerprint density at radius 1 is 1.36 bits per heavy atom. The molecule has 2 atom stereocenters. The van der Waals surface area contributed by atoms with Crippen LogP contribution in [0.2, 0.25) is 0 Å². The second-order valence-electron chi connectivity index (χ2n) is 6.81. The van der Waals surface area contributed by atoms with Crippen LogP contribution in [0, 0.1) is 18.8 Å². The molecule has 0 heterocycles. The highest BCUT2D eigenvalue weighted by Gasteiger charge is 2.31. The Hall–Kier alpha value is -1.55. The van der Waals surface area contributed by atoms with Crippen molar-refractivity contribution in [2.75, 3.05) is 13.6 Å². The molecule has 0 saturated heterocycles. The molecule has 2 rings (SSSR count). The van der Waals surface area contributed by atoms with E-state index in [0.29, 0.717) is 18.4 Å². The van der Waals surface area contributed by atoms with Crippen LogP contribution in [0.3, 0.4) is 0 Å². The van der Waals surface area contributed by atoms with Crippen molar-refractivity contribution in [3.8, 4) is 0 Å². The van der Waals surface area contributed by atoms with Gasteiger partial charge < -0.3 is 15.3 Å². The van der Waals surface area contributed by atoms with Crippen molar-refractivity contribution in [2.24, 2.45) is 11.8 Å². The molecule has 2 unspecified atom stereocenters. The van der Waals surface area contributed by atoms with Crippen LogP contribution >= 0.6 is 0 Å². The largest absolute Gasteiger partial charge is 0.391 e. The summed E-state index contributed by atoms with van der Waals surface area (Å²) >= 11 is 0. The lowest BCUT2D eigenvalue weighted by atomic mass is 9.93. The van der Waals surface area contributed by atoms with E-state index in [1.54, 1.807) is 11.9 Å². The molecule has 4 heteroatoms. The average molecular weight is 304 g/mol. The van der Waals surface area contributed by atoms with Gasteiger partial charge in [-0.1, -0.05) is 38.1 Å². The first-order valence-electron chi connectivity index (χ1n) is 8.15. The van der Waals surface area contributed by atoms with Gasteiger partial charge in [-0.3, -0.25) is 0 Å². The number of urea groups is 1.